The Kier molecular flexibility index (Phi) is 9.10. The summed E-state index contributed by atoms with van der Waals surface area (Å²) in [7, 11) is 0. The first-order valence-corrected chi connectivity index (χ1v) is 15.9. The van der Waals surface area contributed by atoms with E-state index in [0.29, 0.717) is 30.9 Å². The van der Waals surface area contributed by atoms with Crippen molar-refractivity contribution in [1.29, 1.82) is 5.26 Å². The van der Waals surface area contributed by atoms with Crippen molar-refractivity contribution in [3.8, 4) is 11.8 Å². The number of halogens is 4. The summed E-state index contributed by atoms with van der Waals surface area (Å²) in [5.41, 5.74) is 0.257. The Hall–Kier alpha value is -3.20. The van der Waals surface area contributed by atoms with E-state index in [1.807, 2.05) is 4.90 Å². The maximum Gasteiger partial charge on any atom is 0.417 e. The normalized spacial score (nSPS) is 30.0. The van der Waals surface area contributed by atoms with E-state index in [0.717, 1.165) is 56.2 Å². The zero-order valence-electron chi connectivity index (χ0n) is 25.7. The van der Waals surface area contributed by atoms with Crippen molar-refractivity contribution in [2.75, 3.05) is 26.2 Å². The van der Waals surface area contributed by atoms with Crippen LogP contribution in [-0.4, -0.2) is 78.3 Å². The van der Waals surface area contributed by atoms with Gasteiger partial charge in [0.15, 0.2) is 0 Å². The van der Waals surface area contributed by atoms with Gasteiger partial charge in [0.1, 0.15) is 24.3 Å². The second kappa shape index (κ2) is 12.9. The van der Waals surface area contributed by atoms with Gasteiger partial charge in [0.05, 0.1) is 23.3 Å². The minimum Gasteiger partial charge on any atom is -0.488 e. The smallest absolute Gasteiger partial charge is 0.417 e. The number of carbonyl (C=O) groups excluding carboxylic acids is 1. The Balaban J connectivity index is 0.911. The van der Waals surface area contributed by atoms with Gasteiger partial charge in [-0.25, -0.2) is 4.39 Å². The summed E-state index contributed by atoms with van der Waals surface area (Å²) in [4.78, 5) is 17.4. The van der Waals surface area contributed by atoms with Gasteiger partial charge in [0.2, 0.25) is 5.91 Å². The lowest BCUT2D eigenvalue weighted by Gasteiger charge is -2.44. The second-order valence-corrected chi connectivity index (χ2v) is 13.2. The van der Waals surface area contributed by atoms with E-state index in [2.05, 4.69) is 24.1 Å². The van der Waals surface area contributed by atoms with Crippen LogP contribution in [0.25, 0.3) is 0 Å². The first kappa shape index (κ1) is 31.8. The molecule has 0 radical (unpaired) electrons. The van der Waals surface area contributed by atoms with E-state index in [-0.39, 0.29) is 60.3 Å². The summed E-state index contributed by atoms with van der Waals surface area (Å²) in [5.74, 6) is 0.929. The zero-order valence-corrected chi connectivity index (χ0v) is 25.7. The Labute approximate surface area is 261 Å². The number of nitriles is 1. The lowest BCUT2D eigenvalue weighted by Crippen LogP contribution is -2.60. The van der Waals surface area contributed by atoms with Crippen LogP contribution in [-0.2, 0) is 28.5 Å². The van der Waals surface area contributed by atoms with Crippen molar-refractivity contribution in [2.45, 2.75) is 94.9 Å². The molecule has 0 bridgehead atoms. The molecule has 2 saturated heterocycles. The van der Waals surface area contributed by atoms with Crippen LogP contribution in [0, 0.1) is 23.1 Å². The van der Waals surface area contributed by atoms with Crippen LogP contribution < -0.4 is 10.1 Å². The largest absolute Gasteiger partial charge is 0.488 e. The molecule has 3 aliphatic heterocycles. The van der Waals surface area contributed by atoms with Gasteiger partial charge in [-0.3, -0.25) is 9.69 Å². The molecule has 1 amide bonds. The molecule has 0 aromatic heterocycles. The summed E-state index contributed by atoms with van der Waals surface area (Å²) in [6, 6.07) is 10.9. The average molecular weight is 629 g/mol. The number of hydrogen-bond donors (Lipinski definition) is 1. The van der Waals surface area contributed by atoms with Crippen LogP contribution in [0.3, 0.4) is 0 Å². The van der Waals surface area contributed by atoms with Gasteiger partial charge in [0, 0.05) is 55.8 Å². The van der Waals surface area contributed by atoms with Crippen molar-refractivity contribution in [2.24, 2.45) is 5.92 Å². The number of fused-ring (bicyclic) bond motifs is 1. The van der Waals surface area contributed by atoms with Crippen LogP contribution in [0.15, 0.2) is 36.4 Å². The maximum absolute atomic E-state index is 13.6. The van der Waals surface area contributed by atoms with Crippen molar-refractivity contribution in [1.82, 2.24) is 15.1 Å². The lowest BCUT2D eigenvalue weighted by atomic mass is 9.83. The predicted octanol–water partition coefficient (Wildman–Crippen LogP) is 5.10. The minimum absolute atomic E-state index is 0.000636. The van der Waals surface area contributed by atoms with E-state index >= 15 is 0 Å². The number of nitrogens with zero attached hydrogens (tertiary/aromatic N) is 3. The quantitative estimate of drug-likeness (QED) is 0.324. The van der Waals surface area contributed by atoms with Crippen molar-refractivity contribution in [3.05, 3.63) is 64.5 Å². The number of carbonyl (C=O) groups is 1. The molecule has 3 fully saturated rings. The van der Waals surface area contributed by atoms with Crippen molar-refractivity contribution in [3.63, 3.8) is 0 Å². The van der Waals surface area contributed by atoms with Crippen LogP contribution in [0.5, 0.6) is 5.75 Å². The number of rotatable bonds is 8. The summed E-state index contributed by atoms with van der Waals surface area (Å²) in [5, 5.41) is 12.5. The molecule has 6 rings (SSSR count). The van der Waals surface area contributed by atoms with E-state index in [1.165, 1.54) is 12.1 Å². The third-order valence-electron chi connectivity index (χ3n) is 10.0. The highest BCUT2D eigenvalue weighted by molar-refractivity contribution is 5.78. The SMILES string of the molecule is C[C@@H]1CN(CC2Cc3cc(F)ccc3O2)[C@@H](C)CN1C(=O)COC1CCC(C2NC2Cc2ccc(C#N)c(C(F)(F)F)c2)CC1. The molecule has 3 heterocycles. The highest BCUT2D eigenvalue weighted by Gasteiger charge is 2.44. The Morgan fingerprint density at radius 1 is 1.09 bits per heavy atom. The van der Waals surface area contributed by atoms with Crippen LogP contribution >= 0.6 is 0 Å². The molecule has 11 heteroatoms. The number of alkyl halides is 3. The molecule has 45 heavy (non-hydrogen) atoms. The number of piperazine rings is 1. The molecule has 4 aliphatic rings. The average Bonchev–Trinajstić information content (AvgIpc) is 3.66. The van der Waals surface area contributed by atoms with Gasteiger partial charge in [0.25, 0.3) is 0 Å². The van der Waals surface area contributed by atoms with Gasteiger partial charge >= 0.3 is 6.18 Å². The summed E-state index contributed by atoms with van der Waals surface area (Å²) >= 11 is 0. The molecular weight excluding hydrogens is 588 g/mol. The molecule has 0 spiro atoms. The molecule has 5 atom stereocenters. The fourth-order valence-corrected chi connectivity index (χ4v) is 7.49. The van der Waals surface area contributed by atoms with Gasteiger partial charge in [-0.15, -0.1) is 0 Å². The Bertz CT molecular complexity index is 1440. The molecule has 7 nitrogen and oxygen atoms in total. The van der Waals surface area contributed by atoms with E-state index in [9.17, 15) is 22.4 Å². The van der Waals surface area contributed by atoms with Crippen LogP contribution in [0.1, 0.15) is 61.8 Å². The number of benzene rings is 2. The van der Waals surface area contributed by atoms with E-state index in [4.69, 9.17) is 14.7 Å². The first-order valence-electron chi connectivity index (χ1n) is 15.9. The molecule has 1 N–H and O–H groups in total. The summed E-state index contributed by atoms with van der Waals surface area (Å²) in [6.45, 7) is 6.31. The molecule has 3 unspecified atom stereocenters. The Morgan fingerprint density at radius 2 is 1.87 bits per heavy atom. The van der Waals surface area contributed by atoms with Gasteiger partial charge < -0.3 is 19.7 Å². The molecule has 2 aromatic rings. The zero-order chi connectivity index (χ0) is 31.9. The molecule has 242 valence electrons. The fraction of sp³-hybridized carbons (Fsp3) is 0.588. The molecular formula is C34H40F4N4O3. The predicted molar refractivity (Wildman–Crippen MR) is 159 cm³/mol. The van der Waals surface area contributed by atoms with Gasteiger partial charge in [-0.1, -0.05) is 6.07 Å². The molecule has 2 aromatic carbocycles. The van der Waals surface area contributed by atoms with Crippen LogP contribution in [0.4, 0.5) is 17.6 Å². The highest BCUT2D eigenvalue weighted by atomic mass is 19.4. The third-order valence-corrected chi connectivity index (χ3v) is 10.0. The Morgan fingerprint density at radius 3 is 2.60 bits per heavy atom. The highest BCUT2D eigenvalue weighted by Crippen LogP contribution is 2.37. The molecule has 1 aliphatic carbocycles. The topological polar surface area (TPSA) is 87.7 Å². The number of nitrogens with one attached hydrogen (secondary N) is 1. The van der Waals surface area contributed by atoms with Crippen LogP contribution in [0.2, 0.25) is 0 Å². The lowest BCUT2D eigenvalue weighted by molar-refractivity contribution is -0.145. The fourth-order valence-electron chi connectivity index (χ4n) is 7.49. The third kappa shape index (κ3) is 7.29. The molecule has 1 saturated carbocycles. The maximum atomic E-state index is 13.6. The van der Waals surface area contributed by atoms with E-state index < -0.39 is 11.7 Å². The first-order chi connectivity index (χ1) is 21.5. The monoisotopic (exact) mass is 628 g/mol. The number of hydrogen-bond acceptors (Lipinski definition) is 6. The number of amides is 1. The second-order valence-electron chi connectivity index (χ2n) is 13.2. The number of ether oxygens (including phenoxy) is 2. The van der Waals surface area contributed by atoms with E-state index in [1.54, 1.807) is 24.3 Å². The standard InChI is InChI=1S/C34H40F4N4O3/c1-20-17-42(21(2)16-41(20)18-28-14-25-13-26(35)7-10-31(25)45-28)32(43)19-44-27-8-5-23(6-9-27)33-30(40-33)12-22-3-4-24(15-39)29(11-22)34(36,37)38/h3-4,7,10-11,13,20-21,23,27-28,30,33,40H,5-6,8-9,12,14,16-19H2,1-2H3/t20-,21+,23?,27?,28?,30?,33?/m0/s1. The van der Waals surface area contributed by atoms with Gasteiger partial charge in [-0.05, 0) is 87.8 Å². The minimum atomic E-state index is -4.55. The van der Waals surface area contributed by atoms with Crippen molar-refractivity contribution < 1.29 is 31.8 Å². The summed E-state index contributed by atoms with van der Waals surface area (Å²) in [6.07, 6.45) is 0.212. The summed E-state index contributed by atoms with van der Waals surface area (Å²) < 4.78 is 65.8. The van der Waals surface area contributed by atoms with Crippen molar-refractivity contribution >= 4 is 5.91 Å². The van der Waals surface area contributed by atoms with Gasteiger partial charge in [-0.2, -0.15) is 18.4 Å².